The Kier molecular flexibility index (Phi) is 6.14. The maximum Gasteiger partial charge on any atom is 0.0296 e. The Morgan fingerprint density at radius 3 is 1.84 bits per heavy atom. The maximum absolute atomic E-state index is 6.45. The van der Waals surface area contributed by atoms with Crippen LogP contribution in [0.4, 0.5) is 0 Å². The molecule has 0 saturated heterocycles. The molecule has 0 spiro atoms. The van der Waals surface area contributed by atoms with Gasteiger partial charge in [-0.15, -0.1) is 0 Å². The molecule has 0 nitrogen and oxygen atoms in total. The molecule has 1 aliphatic carbocycles. The molecule has 1 fully saturated rings. The summed E-state index contributed by atoms with van der Waals surface area (Å²) in [7, 11) is 0. The van der Waals surface area contributed by atoms with Crippen LogP contribution >= 0.6 is 17.8 Å². The van der Waals surface area contributed by atoms with Crippen LogP contribution in [-0.4, -0.2) is 10.5 Å². The van der Waals surface area contributed by atoms with Gasteiger partial charge in [0, 0.05) is 28.1 Å². The van der Waals surface area contributed by atoms with Gasteiger partial charge in [0.05, 0.1) is 0 Å². The van der Waals surface area contributed by atoms with Crippen LogP contribution in [0.15, 0.2) is 60.7 Å². The molecule has 0 heterocycles. The first-order valence-electron chi connectivity index (χ1n) is 8.52. The molecule has 0 aromatic heterocycles. The highest BCUT2D eigenvalue weighted by Gasteiger charge is 2.42. The lowest BCUT2D eigenvalue weighted by Gasteiger charge is -2.33. The zero-order valence-corrected chi connectivity index (χ0v) is 17.5. The second-order valence-electron chi connectivity index (χ2n) is 7.12. The third-order valence-corrected chi connectivity index (χ3v) is 10.5. The fourth-order valence-electron chi connectivity index (χ4n) is 2.87. The SMILES string of the molecule is CC(C)(C)SC[C]1[CH][CH][CH][C]1P(=S)(c1ccccc1)c1ccccc1. The second kappa shape index (κ2) is 7.99. The molecule has 3 heteroatoms. The van der Waals surface area contributed by atoms with Crippen LogP contribution in [0.3, 0.4) is 0 Å². The van der Waals surface area contributed by atoms with Crippen LogP contribution in [0, 0.1) is 30.8 Å². The van der Waals surface area contributed by atoms with E-state index in [1.807, 2.05) is 11.8 Å². The van der Waals surface area contributed by atoms with Crippen molar-refractivity contribution in [3.05, 3.63) is 91.5 Å². The molecular formula is C22H24PS2. The zero-order chi connectivity index (χ0) is 17.9. The van der Waals surface area contributed by atoms with Crippen LogP contribution in [0.5, 0.6) is 0 Å². The molecule has 0 unspecified atom stereocenters. The van der Waals surface area contributed by atoms with E-state index >= 15 is 0 Å². The van der Waals surface area contributed by atoms with Gasteiger partial charge < -0.3 is 0 Å². The van der Waals surface area contributed by atoms with Gasteiger partial charge in [-0.1, -0.05) is 93.2 Å². The van der Waals surface area contributed by atoms with Crippen molar-refractivity contribution in [2.45, 2.75) is 25.5 Å². The van der Waals surface area contributed by atoms with Crippen LogP contribution in [0.2, 0.25) is 0 Å². The van der Waals surface area contributed by atoms with E-state index in [0.29, 0.717) is 0 Å². The van der Waals surface area contributed by atoms with Gasteiger partial charge in [-0.05, 0) is 29.9 Å². The normalized spacial score (nSPS) is 17.1. The summed E-state index contributed by atoms with van der Waals surface area (Å²) in [5.74, 6) is 2.39. The Morgan fingerprint density at radius 2 is 1.36 bits per heavy atom. The van der Waals surface area contributed by atoms with E-state index in [2.05, 4.69) is 101 Å². The minimum atomic E-state index is -2.03. The average Bonchev–Trinajstić information content (AvgIpc) is 3.09. The number of rotatable bonds is 5. The van der Waals surface area contributed by atoms with E-state index in [1.54, 1.807) is 0 Å². The largest absolute Gasteiger partial charge is 0.155 e. The molecule has 5 radical (unpaired) electrons. The van der Waals surface area contributed by atoms with Gasteiger partial charge in [0.25, 0.3) is 0 Å². The van der Waals surface area contributed by atoms with Gasteiger partial charge in [0.2, 0.25) is 0 Å². The van der Waals surface area contributed by atoms with Crippen molar-refractivity contribution in [1.29, 1.82) is 0 Å². The van der Waals surface area contributed by atoms with Gasteiger partial charge in [0.1, 0.15) is 0 Å². The van der Waals surface area contributed by atoms with Crippen LogP contribution in [-0.2, 0) is 11.8 Å². The third kappa shape index (κ3) is 4.41. The molecular weight excluding hydrogens is 359 g/mol. The minimum Gasteiger partial charge on any atom is -0.155 e. The first-order chi connectivity index (χ1) is 11.9. The van der Waals surface area contributed by atoms with Crippen molar-refractivity contribution >= 4 is 40.2 Å². The summed E-state index contributed by atoms with van der Waals surface area (Å²) in [4.78, 5) is 0. The highest BCUT2D eigenvalue weighted by atomic mass is 32.4. The topological polar surface area (TPSA) is 0 Å². The Bertz CT molecular complexity index is 675. The Morgan fingerprint density at radius 1 is 0.840 bits per heavy atom. The van der Waals surface area contributed by atoms with Gasteiger partial charge >= 0.3 is 0 Å². The summed E-state index contributed by atoms with van der Waals surface area (Å²) in [6, 6.07) is 19.3. The molecule has 2 aromatic rings. The lowest BCUT2D eigenvalue weighted by Crippen LogP contribution is -2.24. The lowest BCUT2D eigenvalue weighted by molar-refractivity contribution is 0.803. The number of hydrogen-bond acceptors (Lipinski definition) is 2. The molecule has 3 rings (SSSR count). The maximum atomic E-state index is 6.45. The summed E-state index contributed by atoms with van der Waals surface area (Å²) in [5, 5.41) is 2.54. The Hall–Kier alpha value is -0.560. The molecule has 1 saturated carbocycles. The van der Waals surface area contributed by atoms with Gasteiger partial charge in [0.15, 0.2) is 0 Å². The van der Waals surface area contributed by atoms with Crippen molar-refractivity contribution in [3.63, 3.8) is 0 Å². The van der Waals surface area contributed by atoms with Gasteiger partial charge in [-0.25, -0.2) is 0 Å². The summed E-state index contributed by atoms with van der Waals surface area (Å²) < 4.78 is 0.247. The first-order valence-corrected chi connectivity index (χ1v) is 12.3. The number of thioether (sulfide) groups is 1. The quantitative estimate of drug-likeness (QED) is 0.636. The minimum absolute atomic E-state index is 0.247. The fourth-order valence-corrected chi connectivity index (χ4v) is 7.98. The van der Waals surface area contributed by atoms with Crippen LogP contribution < -0.4 is 10.6 Å². The highest BCUT2D eigenvalue weighted by Crippen LogP contribution is 2.63. The number of benzene rings is 2. The van der Waals surface area contributed by atoms with Crippen molar-refractivity contribution in [2.75, 3.05) is 5.75 Å². The molecule has 0 aliphatic heterocycles. The zero-order valence-electron chi connectivity index (χ0n) is 15.0. The molecule has 0 bridgehead atoms. The van der Waals surface area contributed by atoms with Crippen molar-refractivity contribution in [2.24, 2.45) is 0 Å². The number of hydrogen-bond donors (Lipinski definition) is 0. The van der Waals surface area contributed by atoms with Crippen LogP contribution in [0.25, 0.3) is 0 Å². The smallest absolute Gasteiger partial charge is 0.0296 e. The highest BCUT2D eigenvalue weighted by molar-refractivity contribution is 8.23. The van der Waals surface area contributed by atoms with Gasteiger partial charge in [-0.2, -0.15) is 11.8 Å². The van der Waals surface area contributed by atoms with Crippen molar-refractivity contribution in [1.82, 2.24) is 0 Å². The Balaban J connectivity index is 1.99. The molecule has 129 valence electrons. The standard InChI is InChI=1S/C22H24PS2/c1-22(2,3)25-17-18-11-10-16-21(18)23(24,19-12-6-4-7-13-19)20-14-8-5-9-15-20/h4-16H,17H2,1-3H3. The summed E-state index contributed by atoms with van der Waals surface area (Å²) in [6.07, 6.45) is 6.67. The van der Waals surface area contributed by atoms with Crippen LogP contribution in [0.1, 0.15) is 20.8 Å². The van der Waals surface area contributed by atoms with E-state index in [1.165, 1.54) is 22.2 Å². The second-order valence-corrected chi connectivity index (χ2v) is 13.3. The fraction of sp³-hybridized carbons (Fsp3) is 0.227. The van der Waals surface area contributed by atoms with E-state index < -0.39 is 6.04 Å². The summed E-state index contributed by atoms with van der Waals surface area (Å²) in [6.45, 7) is 6.81. The lowest BCUT2D eigenvalue weighted by atomic mass is 10.1. The van der Waals surface area contributed by atoms with E-state index in [-0.39, 0.29) is 4.75 Å². The Labute approximate surface area is 162 Å². The molecule has 0 amide bonds. The predicted octanol–water partition coefficient (Wildman–Crippen LogP) is 5.38. The van der Waals surface area contributed by atoms with E-state index in [0.717, 1.165) is 5.75 Å². The van der Waals surface area contributed by atoms with Gasteiger partial charge in [-0.3, -0.25) is 0 Å². The van der Waals surface area contributed by atoms with E-state index in [4.69, 9.17) is 11.8 Å². The van der Waals surface area contributed by atoms with Crippen molar-refractivity contribution < 1.29 is 0 Å². The first kappa shape index (κ1) is 19.2. The summed E-state index contributed by atoms with van der Waals surface area (Å²) >= 11 is 8.44. The molecule has 1 aliphatic rings. The molecule has 2 aromatic carbocycles. The predicted molar refractivity (Wildman–Crippen MR) is 118 cm³/mol. The van der Waals surface area contributed by atoms with E-state index in [9.17, 15) is 0 Å². The molecule has 0 atom stereocenters. The molecule has 25 heavy (non-hydrogen) atoms. The average molecular weight is 384 g/mol. The molecule has 0 N–H and O–H groups in total. The monoisotopic (exact) mass is 383 g/mol. The van der Waals surface area contributed by atoms with Crippen molar-refractivity contribution in [3.8, 4) is 0 Å². The summed E-state index contributed by atoms with van der Waals surface area (Å²) in [5.41, 5.74) is 1.34. The third-order valence-electron chi connectivity index (χ3n) is 4.12.